The summed E-state index contributed by atoms with van der Waals surface area (Å²) in [7, 11) is 0. The highest BCUT2D eigenvalue weighted by atomic mass is 35.5. The highest BCUT2D eigenvalue weighted by Gasteiger charge is 2.38. The number of hydrogen-bond donors (Lipinski definition) is 2. The Morgan fingerprint density at radius 2 is 1.90 bits per heavy atom. The van der Waals surface area contributed by atoms with Crippen molar-refractivity contribution in [2.24, 2.45) is 11.8 Å². The number of carbonyl (C=O) groups excluding carboxylic acids is 1. The Morgan fingerprint density at radius 3 is 2.52 bits per heavy atom. The van der Waals surface area contributed by atoms with Crippen LogP contribution in [0, 0.1) is 11.8 Å². The molecule has 1 saturated heterocycles. The van der Waals surface area contributed by atoms with Crippen LogP contribution < -0.4 is 5.32 Å². The Bertz CT molecular complexity index is 578. The van der Waals surface area contributed by atoms with E-state index in [1.165, 1.54) is 25.3 Å². The van der Waals surface area contributed by atoms with Crippen molar-refractivity contribution in [2.45, 2.75) is 19.3 Å². The number of aromatic carboxylic acids is 1. The second-order valence-electron chi connectivity index (χ2n) is 5.75. The van der Waals surface area contributed by atoms with E-state index in [4.69, 9.17) is 11.6 Å². The molecular formula is C15H17ClN2O3. The first-order chi connectivity index (χ1) is 10.1. The summed E-state index contributed by atoms with van der Waals surface area (Å²) in [6.07, 6.45) is 3.63. The molecule has 1 aromatic rings. The standard InChI is InChI=1S/C15H17ClN2O3/c16-11-5-2-6-12(13(11)14(19)20)17-15(21)18-7-9-3-1-4-10(9)8-18/h2,5-6,9-10H,1,3-4,7-8H2,(H,17,21)(H,19,20). The van der Waals surface area contributed by atoms with Crippen molar-refractivity contribution in [2.75, 3.05) is 18.4 Å². The maximum absolute atomic E-state index is 12.3. The maximum Gasteiger partial charge on any atom is 0.339 e. The lowest BCUT2D eigenvalue weighted by molar-refractivity contribution is 0.0698. The summed E-state index contributed by atoms with van der Waals surface area (Å²) in [6.45, 7) is 1.53. The molecule has 1 saturated carbocycles. The second-order valence-corrected chi connectivity index (χ2v) is 6.16. The third-order valence-electron chi connectivity index (χ3n) is 4.48. The van der Waals surface area contributed by atoms with Gasteiger partial charge in [-0.05, 0) is 36.8 Å². The first kappa shape index (κ1) is 14.2. The second kappa shape index (κ2) is 5.56. The van der Waals surface area contributed by atoms with E-state index in [-0.39, 0.29) is 22.3 Å². The van der Waals surface area contributed by atoms with Gasteiger partial charge in [-0.3, -0.25) is 0 Å². The first-order valence-electron chi connectivity index (χ1n) is 7.14. The molecule has 6 heteroatoms. The van der Waals surface area contributed by atoms with Gasteiger partial charge >= 0.3 is 12.0 Å². The first-order valence-corrected chi connectivity index (χ1v) is 7.52. The number of nitrogens with one attached hydrogen (secondary N) is 1. The van der Waals surface area contributed by atoms with Crippen molar-refractivity contribution >= 4 is 29.3 Å². The van der Waals surface area contributed by atoms with Crippen LogP contribution in [0.15, 0.2) is 18.2 Å². The molecular weight excluding hydrogens is 292 g/mol. The highest BCUT2D eigenvalue weighted by Crippen LogP contribution is 2.38. The average molecular weight is 309 g/mol. The number of halogens is 1. The van der Waals surface area contributed by atoms with Crippen LogP contribution in [0.1, 0.15) is 29.6 Å². The monoisotopic (exact) mass is 308 g/mol. The zero-order valence-electron chi connectivity index (χ0n) is 11.5. The topological polar surface area (TPSA) is 69.6 Å². The van der Waals surface area contributed by atoms with Crippen molar-refractivity contribution < 1.29 is 14.7 Å². The Kier molecular flexibility index (Phi) is 3.76. The molecule has 1 aromatic carbocycles. The zero-order valence-corrected chi connectivity index (χ0v) is 12.3. The van der Waals surface area contributed by atoms with Gasteiger partial charge in [0, 0.05) is 13.1 Å². The predicted octanol–water partition coefficient (Wildman–Crippen LogP) is 3.30. The minimum Gasteiger partial charge on any atom is -0.478 e. The van der Waals surface area contributed by atoms with Gasteiger partial charge in [-0.25, -0.2) is 9.59 Å². The summed E-state index contributed by atoms with van der Waals surface area (Å²) < 4.78 is 0. The summed E-state index contributed by atoms with van der Waals surface area (Å²) in [5.41, 5.74) is 0.184. The quantitative estimate of drug-likeness (QED) is 0.880. The minimum absolute atomic E-state index is 0.0630. The Labute approximate surface area is 127 Å². The molecule has 1 aliphatic heterocycles. The SMILES string of the molecule is O=C(O)c1c(Cl)cccc1NC(=O)N1CC2CCCC2C1. The van der Waals surface area contributed by atoms with Crippen LogP contribution in [0.5, 0.6) is 0 Å². The Hall–Kier alpha value is -1.75. The molecule has 2 N–H and O–H groups in total. The van der Waals surface area contributed by atoms with Crippen molar-refractivity contribution in [1.82, 2.24) is 4.90 Å². The number of anilines is 1. The third kappa shape index (κ3) is 2.70. The van der Waals surface area contributed by atoms with Crippen molar-refractivity contribution in [3.05, 3.63) is 28.8 Å². The van der Waals surface area contributed by atoms with Crippen molar-refractivity contribution in [3.63, 3.8) is 0 Å². The van der Waals surface area contributed by atoms with E-state index in [0.717, 1.165) is 13.1 Å². The molecule has 5 nitrogen and oxygen atoms in total. The Morgan fingerprint density at radius 1 is 1.24 bits per heavy atom. The van der Waals surface area contributed by atoms with Gasteiger partial charge in [0.15, 0.2) is 0 Å². The minimum atomic E-state index is -1.14. The smallest absolute Gasteiger partial charge is 0.339 e. The summed E-state index contributed by atoms with van der Waals surface area (Å²) >= 11 is 5.90. The lowest BCUT2D eigenvalue weighted by Crippen LogP contribution is -2.34. The van der Waals surface area contributed by atoms with Crippen LogP contribution in [-0.2, 0) is 0 Å². The molecule has 1 heterocycles. The molecule has 1 aliphatic carbocycles. The van der Waals surface area contributed by atoms with Gasteiger partial charge in [0.05, 0.1) is 10.7 Å². The van der Waals surface area contributed by atoms with Crippen molar-refractivity contribution in [3.8, 4) is 0 Å². The number of benzene rings is 1. The Balaban J connectivity index is 1.74. The van der Waals surface area contributed by atoms with E-state index in [1.807, 2.05) is 0 Å². The molecule has 0 bridgehead atoms. The number of nitrogens with zero attached hydrogens (tertiary/aromatic N) is 1. The molecule has 2 fully saturated rings. The van der Waals surface area contributed by atoms with E-state index in [1.54, 1.807) is 17.0 Å². The van der Waals surface area contributed by atoms with Gasteiger partial charge in [-0.15, -0.1) is 0 Å². The van der Waals surface area contributed by atoms with Gasteiger partial charge in [0.25, 0.3) is 0 Å². The van der Waals surface area contributed by atoms with E-state index >= 15 is 0 Å². The van der Waals surface area contributed by atoms with Crippen LogP contribution in [0.3, 0.4) is 0 Å². The normalized spacial score (nSPS) is 24.0. The van der Waals surface area contributed by atoms with Crippen LogP contribution in [0.25, 0.3) is 0 Å². The third-order valence-corrected chi connectivity index (χ3v) is 4.80. The van der Waals surface area contributed by atoms with E-state index in [0.29, 0.717) is 11.8 Å². The van der Waals surface area contributed by atoms with Crippen molar-refractivity contribution in [1.29, 1.82) is 0 Å². The molecule has 0 spiro atoms. The number of rotatable bonds is 2. The van der Waals surface area contributed by atoms with E-state index in [9.17, 15) is 14.7 Å². The molecule has 112 valence electrons. The molecule has 0 radical (unpaired) electrons. The lowest BCUT2D eigenvalue weighted by atomic mass is 10.0. The number of fused-ring (bicyclic) bond motifs is 1. The number of carboxylic acids is 1. The fraction of sp³-hybridized carbons (Fsp3) is 0.467. The molecule has 0 aromatic heterocycles. The van der Waals surface area contributed by atoms with Gasteiger partial charge in [-0.2, -0.15) is 0 Å². The molecule has 2 aliphatic rings. The highest BCUT2D eigenvalue weighted by molar-refractivity contribution is 6.34. The number of carbonyl (C=O) groups is 2. The summed E-state index contributed by atoms with van der Waals surface area (Å²) in [6, 6.07) is 4.45. The van der Waals surface area contributed by atoms with E-state index in [2.05, 4.69) is 5.32 Å². The van der Waals surface area contributed by atoms with Crippen LogP contribution in [0.2, 0.25) is 5.02 Å². The van der Waals surface area contributed by atoms with Gasteiger partial charge in [0.2, 0.25) is 0 Å². The number of urea groups is 1. The molecule has 2 amide bonds. The average Bonchev–Trinajstić information content (AvgIpc) is 2.98. The molecule has 21 heavy (non-hydrogen) atoms. The van der Waals surface area contributed by atoms with Gasteiger partial charge < -0.3 is 15.3 Å². The summed E-state index contributed by atoms with van der Waals surface area (Å²) in [5, 5.41) is 12.0. The number of amides is 2. The molecule has 3 rings (SSSR count). The van der Waals surface area contributed by atoms with E-state index < -0.39 is 5.97 Å². The zero-order chi connectivity index (χ0) is 15.0. The lowest BCUT2D eigenvalue weighted by Gasteiger charge is -2.19. The number of likely N-dealkylation sites (tertiary alicyclic amines) is 1. The maximum atomic E-state index is 12.3. The number of carboxylic acid groups (broad SMARTS) is 1. The fourth-order valence-electron chi connectivity index (χ4n) is 3.44. The number of hydrogen-bond acceptors (Lipinski definition) is 2. The van der Waals surface area contributed by atoms with Crippen LogP contribution >= 0.6 is 11.6 Å². The van der Waals surface area contributed by atoms with Gasteiger partial charge in [-0.1, -0.05) is 24.1 Å². The summed E-state index contributed by atoms with van der Waals surface area (Å²) in [4.78, 5) is 25.3. The van der Waals surface area contributed by atoms with Gasteiger partial charge in [0.1, 0.15) is 5.56 Å². The molecule has 2 atom stereocenters. The largest absolute Gasteiger partial charge is 0.478 e. The predicted molar refractivity (Wildman–Crippen MR) is 79.8 cm³/mol. The van der Waals surface area contributed by atoms with Crippen LogP contribution in [0.4, 0.5) is 10.5 Å². The summed E-state index contributed by atoms with van der Waals surface area (Å²) in [5.74, 6) is 0.0669. The van der Waals surface area contributed by atoms with Crippen LogP contribution in [-0.4, -0.2) is 35.1 Å². The molecule has 2 unspecified atom stereocenters. The fourth-order valence-corrected chi connectivity index (χ4v) is 3.70.